The van der Waals surface area contributed by atoms with Crippen molar-refractivity contribution >= 4 is 42.3 Å². The van der Waals surface area contributed by atoms with E-state index in [1.54, 1.807) is 0 Å². The van der Waals surface area contributed by atoms with Gasteiger partial charge in [0.2, 0.25) is 11.8 Å². The third kappa shape index (κ3) is 7.13. The third-order valence-corrected chi connectivity index (χ3v) is 4.84. The lowest BCUT2D eigenvalue weighted by molar-refractivity contribution is -0.135. The van der Waals surface area contributed by atoms with Gasteiger partial charge in [-0.1, -0.05) is 18.2 Å². The first-order chi connectivity index (χ1) is 12.7. The number of benzene rings is 1. The summed E-state index contributed by atoms with van der Waals surface area (Å²) in [6, 6.07) is 10.3. The summed E-state index contributed by atoms with van der Waals surface area (Å²) in [4.78, 5) is 28.5. The summed E-state index contributed by atoms with van der Waals surface area (Å²) in [5.41, 5.74) is 1.21. The van der Waals surface area contributed by atoms with Crippen molar-refractivity contribution in [2.45, 2.75) is 18.9 Å². The van der Waals surface area contributed by atoms with Crippen molar-refractivity contribution < 1.29 is 14.3 Å². The van der Waals surface area contributed by atoms with Gasteiger partial charge in [0, 0.05) is 57.9 Å². The minimum Gasteiger partial charge on any atom is -0.368 e. The molecule has 0 aliphatic carbocycles. The van der Waals surface area contributed by atoms with Crippen LogP contribution in [0.4, 0.5) is 5.69 Å². The number of amides is 2. The number of morpholine rings is 1. The first-order valence-electron chi connectivity index (χ1n) is 9.42. The number of nitrogens with one attached hydrogen (secondary N) is 2. The second-order valence-corrected chi connectivity index (χ2v) is 6.66. The molecule has 0 bridgehead atoms. The number of piperazine rings is 1. The molecule has 1 unspecified atom stereocenters. The second kappa shape index (κ2) is 12.8. The molecule has 7 nitrogen and oxygen atoms in total. The fourth-order valence-electron chi connectivity index (χ4n) is 3.31. The van der Waals surface area contributed by atoms with Gasteiger partial charge in [-0.05, 0) is 18.6 Å². The summed E-state index contributed by atoms with van der Waals surface area (Å²) in [6.07, 6.45) is 0.712. The average Bonchev–Trinajstić information content (AvgIpc) is 2.72. The minimum atomic E-state index is -0.412. The number of ether oxygens (including phenoxy) is 1. The van der Waals surface area contributed by atoms with E-state index in [4.69, 9.17) is 4.74 Å². The topological polar surface area (TPSA) is 73.9 Å². The van der Waals surface area contributed by atoms with Crippen molar-refractivity contribution in [1.29, 1.82) is 0 Å². The lowest BCUT2D eigenvalue weighted by Crippen LogP contribution is -2.49. The fraction of sp³-hybridized carbons (Fsp3) is 0.579. The molecule has 1 atom stereocenters. The summed E-state index contributed by atoms with van der Waals surface area (Å²) in [5, 5.41) is 5.99. The molecule has 0 aromatic heterocycles. The van der Waals surface area contributed by atoms with Crippen molar-refractivity contribution in [3.05, 3.63) is 30.3 Å². The van der Waals surface area contributed by atoms with E-state index < -0.39 is 6.10 Å². The highest BCUT2D eigenvalue weighted by molar-refractivity contribution is 5.85. The Balaban J connectivity index is 0.00000196. The molecule has 3 rings (SSSR count). The molecule has 28 heavy (non-hydrogen) atoms. The first-order valence-corrected chi connectivity index (χ1v) is 9.42. The number of carbonyl (C=O) groups excluding carboxylic acids is 2. The second-order valence-electron chi connectivity index (χ2n) is 6.66. The predicted molar refractivity (Wildman–Crippen MR) is 115 cm³/mol. The minimum absolute atomic E-state index is 0. The molecule has 1 aromatic carbocycles. The molecule has 2 aliphatic heterocycles. The van der Waals surface area contributed by atoms with Gasteiger partial charge in [-0.2, -0.15) is 0 Å². The summed E-state index contributed by atoms with van der Waals surface area (Å²) < 4.78 is 5.41. The molecule has 2 N–H and O–H groups in total. The van der Waals surface area contributed by atoms with E-state index in [1.165, 1.54) is 5.69 Å². The molecule has 2 saturated heterocycles. The Morgan fingerprint density at radius 2 is 1.82 bits per heavy atom. The summed E-state index contributed by atoms with van der Waals surface area (Å²) in [5.74, 6) is 0.0728. The van der Waals surface area contributed by atoms with E-state index in [-0.39, 0.29) is 36.6 Å². The average molecular weight is 433 g/mol. The van der Waals surface area contributed by atoms with Gasteiger partial charge in [0.25, 0.3) is 0 Å². The highest BCUT2D eigenvalue weighted by Crippen LogP contribution is 2.16. The zero-order valence-corrected chi connectivity index (χ0v) is 17.6. The highest BCUT2D eigenvalue weighted by Gasteiger charge is 2.22. The van der Waals surface area contributed by atoms with E-state index >= 15 is 0 Å². The van der Waals surface area contributed by atoms with E-state index in [0.717, 1.165) is 32.7 Å². The molecular formula is C19H30Cl2N4O3. The van der Waals surface area contributed by atoms with Crippen LogP contribution >= 0.6 is 24.8 Å². The standard InChI is InChI=1S/C19H28N4O3.2ClH/c24-18(7-4-8-21-19(25)17-15-20-9-14-26-17)23-12-10-22(11-13-23)16-5-2-1-3-6-16;;/h1-3,5-6,17,20H,4,7-15H2,(H,21,25);2*1H. The Morgan fingerprint density at radius 1 is 1.11 bits per heavy atom. The van der Waals surface area contributed by atoms with Gasteiger partial charge >= 0.3 is 0 Å². The number of halogens is 2. The third-order valence-electron chi connectivity index (χ3n) is 4.84. The Kier molecular flexibility index (Phi) is 11.2. The normalized spacial score (nSPS) is 19.2. The number of carbonyl (C=O) groups is 2. The Morgan fingerprint density at radius 3 is 2.46 bits per heavy atom. The quantitative estimate of drug-likeness (QED) is 0.657. The van der Waals surface area contributed by atoms with Crippen molar-refractivity contribution in [2.24, 2.45) is 0 Å². The number of para-hydroxylation sites is 1. The molecule has 2 heterocycles. The first kappa shape index (κ1) is 24.5. The van der Waals surface area contributed by atoms with Crippen LogP contribution in [-0.4, -0.2) is 75.2 Å². The van der Waals surface area contributed by atoms with Gasteiger partial charge in [0.05, 0.1) is 6.61 Å². The van der Waals surface area contributed by atoms with Gasteiger partial charge < -0.3 is 25.2 Å². The van der Waals surface area contributed by atoms with Crippen LogP contribution in [0.25, 0.3) is 0 Å². The van der Waals surface area contributed by atoms with Crippen molar-refractivity contribution in [3.8, 4) is 0 Å². The zero-order chi connectivity index (χ0) is 18.2. The van der Waals surface area contributed by atoms with Crippen LogP contribution in [0, 0.1) is 0 Å². The number of hydrogen-bond acceptors (Lipinski definition) is 5. The molecular weight excluding hydrogens is 403 g/mol. The van der Waals surface area contributed by atoms with Gasteiger partial charge in [0.15, 0.2) is 0 Å². The van der Waals surface area contributed by atoms with Crippen LogP contribution in [-0.2, 0) is 14.3 Å². The molecule has 0 saturated carbocycles. The maximum atomic E-state index is 12.3. The van der Waals surface area contributed by atoms with Crippen molar-refractivity contribution in [2.75, 3.05) is 57.3 Å². The molecule has 9 heteroatoms. The maximum Gasteiger partial charge on any atom is 0.250 e. The molecule has 1 aromatic rings. The van der Waals surface area contributed by atoms with Gasteiger partial charge in [0.1, 0.15) is 6.10 Å². The Hall–Kier alpha value is -1.54. The molecule has 2 aliphatic rings. The van der Waals surface area contributed by atoms with Gasteiger partial charge in [-0.15, -0.1) is 24.8 Å². The fourth-order valence-corrected chi connectivity index (χ4v) is 3.31. The summed E-state index contributed by atoms with van der Waals surface area (Å²) in [7, 11) is 0. The molecule has 0 radical (unpaired) electrons. The van der Waals surface area contributed by atoms with E-state index in [1.807, 2.05) is 23.1 Å². The monoisotopic (exact) mass is 432 g/mol. The number of rotatable bonds is 6. The summed E-state index contributed by atoms with van der Waals surface area (Å²) >= 11 is 0. The van der Waals surface area contributed by atoms with Crippen LogP contribution in [0.5, 0.6) is 0 Å². The lowest BCUT2D eigenvalue weighted by Gasteiger charge is -2.36. The number of nitrogens with zero attached hydrogens (tertiary/aromatic N) is 2. The molecule has 158 valence electrons. The van der Waals surface area contributed by atoms with E-state index in [2.05, 4.69) is 27.7 Å². The molecule has 0 spiro atoms. The largest absolute Gasteiger partial charge is 0.368 e. The van der Waals surface area contributed by atoms with Crippen LogP contribution in [0.2, 0.25) is 0 Å². The van der Waals surface area contributed by atoms with Gasteiger partial charge in [-0.25, -0.2) is 0 Å². The smallest absolute Gasteiger partial charge is 0.250 e. The van der Waals surface area contributed by atoms with Crippen LogP contribution in [0.1, 0.15) is 12.8 Å². The molecule has 2 amide bonds. The van der Waals surface area contributed by atoms with Crippen LogP contribution < -0.4 is 15.5 Å². The SMILES string of the molecule is Cl.Cl.O=C(NCCCC(=O)N1CCN(c2ccccc2)CC1)C1CNCCO1. The van der Waals surface area contributed by atoms with E-state index in [0.29, 0.717) is 32.5 Å². The zero-order valence-electron chi connectivity index (χ0n) is 16.0. The van der Waals surface area contributed by atoms with Crippen molar-refractivity contribution in [3.63, 3.8) is 0 Å². The van der Waals surface area contributed by atoms with Crippen molar-refractivity contribution in [1.82, 2.24) is 15.5 Å². The number of hydrogen-bond donors (Lipinski definition) is 2. The Bertz CT molecular complexity index is 592. The van der Waals surface area contributed by atoms with E-state index in [9.17, 15) is 9.59 Å². The Labute approximate surface area is 179 Å². The number of anilines is 1. The summed E-state index contributed by atoms with van der Waals surface area (Å²) in [6.45, 7) is 5.63. The van der Waals surface area contributed by atoms with Crippen LogP contribution in [0.3, 0.4) is 0 Å². The van der Waals surface area contributed by atoms with Gasteiger partial charge in [-0.3, -0.25) is 9.59 Å². The lowest BCUT2D eigenvalue weighted by atomic mass is 10.2. The maximum absolute atomic E-state index is 12.3. The predicted octanol–water partition coefficient (Wildman–Crippen LogP) is 1.06. The molecule has 2 fully saturated rings. The highest BCUT2D eigenvalue weighted by atomic mass is 35.5. The van der Waals surface area contributed by atoms with Crippen LogP contribution in [0.15, 0.2) is 30.3 Å².